The Balaban J connectivity index is 2.48. The van der Waals surface area contributed by atoms with Crippen molar-refractivity contribution in [3.8, 4) is 11.6 Å². The highest BCUT2D eigenvalue weighted by atomic mass is 16.4. The van der Waals surface area contributed by atoms with Crippen molar-refractivity contribution in [1.82, 2.24) is 9.97 Å². The number of hydrogen-bond donors (Lipinski definition) is 1. The molecule has 2 aromatic rings. The fourth-order valence-corrected chi connectivity index (χ4v) is 1.02. The van der Waals surface area contributed by atoms with Crippen LogP contribution in [0.4, 0.5) is 0 Å². The molecule has 0 aliphatic carbocycles. The number of carbonyl (C=O) groups is 1. The van der Waals surface area contributed by atoms with Crippen molar-refractivity contribution in [1.29, 1.82) is 0 Å². The number of carboxylic acids is 1. The van der Waals surface area contributed by atoms with Gasteiger partial charge in [0.15, 0.2) is 17.8 Å². The highest BCUT2D eigenvalue weighted by Crippen LogP contribution is 2.19. The SMILES string of the molecule is Cc1oc(-c2cocn2)nc1C(=O)O. The van der Waals surface area contributed by atoms with Gasteiger partial charge in [0, 0.05) is 0 Å². The lowest BCUT2D eigenvalue weighted by atomic mass is 10.4. The summed E-state index contributed by atoms with van der Waals surface area (Å²) in [5.74, 6) is -0.731. The molecule has 72 valence electrons. The maximum absolute atomic E-state index is 10.6. The van der Waals surface area contributed by atoms with E-state index in [0.29, 0.717) is 5.69 Å². The maximum atomic E-state index is 10.6. The Labute approximate surface area is 78.2 Å². The Kier molecular flexibility index (Phi) is 1.81. The Bertz CT molecular complexity index is 458. The molecule has 0 saturated heterocycles. The molecule has 0 aliphatic rings. The van der Waals surface area contributed by atoms with Crippen LogP contribution in [0.25, 0.3) is 11.6 Å². The van der Waals surface area contributed by atoms with Gasteiger partial charge in [0.25, 0.3) is 0 Å². The monoisotopic (exact) mass is 194 g/mol. The standard InChI is InChI=1S/C8H6N2O4/c1-4-6(8(11)12)10-7(14-4)5-2-13-3-9-5/h2-3H,1H3,(H,11,12). The smallest absolute Gasteiger partial charge is 0.358 e. The summed E-state index contributed by atoms with van der Waals surface area (Å²) < 4.78 is 9.83. The van der Waals surface area contributed by atoms with Gasteiger partial charge in [0.05, 0.1) is 0 Å². The van der Waals surface area contributed by atoms with Gasteiger partial charge < -0.3 is 13.9 Å². The Hall–Kier alpha value is -2.11. The summed E-state index contributed by atoms with van der Waals surface area (Å²) in [6, 6.07) is 0. The van der Waals surface area contributed by atoms with Gasteiger partial charge in [-0.25, -0.2) is 14.8 Å². The number of aromatic carboxylic acids is 1. The summed E-state index contributed by atoms with van der Waals surface area (Å²) in [5.41, 5.74) is 0.267. The van der Waals surface area contributed by atoms with Crippen LogP contribution >= 0.6 is 0 Å². The van der Waals surface area contributed by atoms with Crippen molar-refractivity contribution in [3.63, 3.8) is 0 Å². The lowest BCUT2D eigenvalue weighted by molar-refractivity contribution is 0.0689. The van der Waals surface area contributed by atoms with E-state index in [1.54, 1.807) is 0 Å². The summed E-state index contributed by atoms with van der Waals surface area (Å²) in [6.45, 7) is 1.53. The van der Waals surface area contributed by atoms with E-state index in [-0.39, 0.29) is 17.3 Å². The minimum absolute atomic E-state index is 0.108. The molecule has 6 nitrogen and oxygen atoms in total. The van der Waals surface area contributed by atoms with Crippen LogP contribution in [0.1, 0.15) is 16.2 Å². The molecule has 1 N–H and O–H groups in total. The molecule has 14 heavy (non-hydrogen) atoms. The molecule has 2 heterocycles. The van der Waals surface area contributed by atoms with Gasteiger partial charge >= 0.3 is 5.97 Å². The number of aromatic nitrogens is 2. The van der Waals surface area contributed by atoms with Crippen LogP contribution in [-0.4, -0.2) is 21.0 Å². The van der Waals surface area contributed by atoms with E-state index in [0.717, 1.165) is 0 Å². The fourth-order valence-electron chi connectivity index (χ4n) is 1.02. The first-order valence-corrected chi connectivity index (χ1v) is 3.78. The number of aryl methyl sites for hydroxylation is 1. The predicted octanol–water partition coefficient (Wildman–Crippen LogP) is 1.34. The van der Waals surface area contributed by atoms with E-state index < -0.39 is 5.97 Å². The molecule has 2 aromatic heterocycles. The molecule has 0 saturated carbocycles. The second-order valence-corrected chi connectivity index (χ2v) is 2.60. The molecule has 0 unspecified atom stereocenters. The van der Waals surface area contributed by atoms with Crippen LogP contribution in [0.5, 0.6) is 0 Å². The number of carboxylic acid groups (broad SMARTS) is 1. The Morgan fingerprint density at radius 3 is 2.86 bits per heavy atom. The van der Waals surface area contributed by atoms with Gasteiger partial charge in [-0.1, -0.05) is 0 Å². The van der Waals surface area contributed by atoms with Crippen LogP contribution in [0.3, 0.4) is 0 Å². The summed E-state index contributed by atoms with van der Waals surface area (Å²) in [6.07, 6.45) is 2.55. The average Bonchev–Trinajstić information content (AvgIpc) is 2.70. The lowest BCUT2D eigenvalue weighted by Gasteiger charge is -1.82. The molecule has 0 aromatic carbocycles. The zero-order valence-corrected chi connectivity index (χ0v) is 7.22. The van der Waals surface area contributed by atoms with E-state index in [9.17, 15) is 4.79 Å². The van der Waals surface area contributed by atoms with Gasteiger partial charge in [-0.3, -0.25) is 0 Å². The number of oxazole rings is 2. The summed E-state index contributed by atoms with van der Waals surface area (Å²) >= 11 is 0. The van der Waals surface area contributed by atoms with E-state index in [4.69, 9.17) is 13.9 Å². The highest BCUT2D eigenvalue weighted by molar-refractivity contribution is 5.86. The maximum Gasteiger partial charge on any atom is 0.358 e. The number of nitrogens with zero attached hydrogens (tertiary/aromatic N) is 2. The molecule has 2 rings (SSSR count). The normalized spacial score (nSPS) is 10.4. The molecule has 0 atom stereocenters. The van der Waals surface area contributed by atoms with Crippen LogP contribution < -0.4 is 0 Å². The lowest BCUT2D eigenvalue weighted by Crippen LogP contribution is -1.98. The number of hydrogen-bond acceptors (Lipinski definition) is 5. The van der Waals surface area contributed by atoms with Gasteiger partial charge in [-0.05, 0) is 6.92 Å². The molecule has 0 radical (unpaired) electrons. The largest absolute Gasteiger partial charge is 0.476 e. The third-order valence-corrected chi connectivity index (χ3v) is 1.65. The summed E-state index contributed by atoms with van der Waals surface area (Å²) in [7, 11) is 0. The first kappa shape index (κ1) is 8.49. The zero-order valence-electron chi connectivity index (χ0n) is 7.22. The zero-order chi connectivity index (χ0) is 10.1. The minimum Gasteiger partial charge on any atom is -0.476 e. The molecule has 0 amide bonds. The third kappa shape index (κ3) is 1.26. The number of rotatable bonds is 2. The van der Waals surface area contributed by atoms with Crippen molar-refractivity contribution in [2.45, 2.75) is 6.92 Å². The highest BCUT2D eigenvalue weighted by Gasteiger charge is 2.17. The third-order valence-electron chi connectivity index (χ3n) is 1.65. The quantitative estimate of drug-likeness (QED) is 0.775. The second-order valence-electron chi connectivity index (χ2n) is 2.60. The van der Waals surface area contributed by atoms with Crippen molar-refractivity contribution in [2.24, 2.45) is 0 Å². The van der Waals surface area contributed by atoms with Gasteiger partial charge in [-0.15, -0.1) is 0 Å². The summed E-state index contributed by atoms with van der Waals surface area (Å²) in [5, 5.41) is 8.71. The van der Waals surface area contributed by atoms with Gasteiger partial charge in [0.2, 0.25) is 5.89 Å². The molecular formula is C8H6N2O4. The molecule has 0 fully saturated rings. The van der Waals surface area contributed by atoms with Crippen LogP contribution in [0.2, 0.25) is 0 Å². The van der Waals surface area contributed by atoms with Gasteiger partial charge in [0.1, 0.15) is 12.0 Å². The van der Waals surface area contributed by atoms with E-state index >= 15 is 0 Å². The Morgan fingerprint density at radius 1 is 1.57 bits per heavy atom. The molecule has 0 aliphatic heterocycles. The summed E-state index contributed by atoms with van der Waals surface area (Å²) in [4.78, 5) is 18.2. The van der Waals surface area contributed by atoms with E-state index in [2.05, 4.69) is 9.97 Å². The van der Waals surface area contributed by atoms with E-state index in [1.807, 2.05) is 0 Å². The van der Waals surface area contributed by atoms with E-state index in [1.165, 1.54) is 19.6 Å². The first-order valence-electron chi connectivity index (χ1n) is 3.78. The van der Waals surface area contributed by atoms with Crippen molar-refractivity contribution < 1.29 is 18.7 Å². The first-order chi connectivity index (χ1) is 6.68. The van der Waals surface area contributed by atoms with Crippen molar-refractivity contribution >= 4 is 5.97 Å². The average molecular weight is 194 g/mol. The van der Waals surface area contributed by atoms with Crippen LogP contribution in [0.15, 0.2) is 21.5 Å². The predicted molar refractivity (Wildman–Crippen MR) is 43.7 cm³/mol. The van der Waals surface area contributed by atoms with Crippen molar-refractivity contribution in [2.75, 3.05) is 0 Å². The van der Waals surface area contributed by atoms with Crippen LogP contribution in [-0.2, 0) is 0 Å². The minimum atomic E-state index is -1.12. The molecular weight excluding hydrogens is 188 g/mol. The van der Waals surface area contributed by atoms with Crippen molar-refractivity contribution in [3.05, 3.63) is 24.1 Å². The van der Waals surface area contributed by atoms with Crippen LogP contribution in [0, 0.1) is 6.92 Å². The topological polar surface area (TPSA) is 89.4 Å². The molecule has 6 heteroatoms. The molecule has 0 spiro atoms. The molecule has 0 bridgehead atoms. The second kappa shape index (κ2) is 2.99. The Morgan fingerprint density at radius 2 is 2.36 bits per heavy atom. The van der Waals surface area contributed by atoms with Gasteiger partial charge in [-0.2, -0.15) is 0 Å². The fraction of sp³-hybridized carbons (Fsp3) is 0.125.